The second-order valence-electron chi connectivity index (χ2n) is 5.26. The molecule has 4 N–H and O–H groups in total. The summed E-state index contributed by atoms with van der Waals surface area (Å²) in [5.74, 6) is 0.410. The molecule has 0 aromatic carbocycles. The molecule has 0 atom stereocenters. The van der Waals surface area contributed by atoms with Gasteiger partial charge in [0.25, 0.3) is 0 Å². The summed E-state index contributed by atoms with van der Waals surface area (Å²) in [4.78, 5) is 18.6. The molecule has 0 spiro atoms. The number of nitrogen functional groups attached to an aromatic ring is 1. The van der Waals surface area contributed by atoms with Crippen LogP contribution in [0, 0.1) is 0 Å². The topological polar surface area (TPSA) is 115 Å². The number of aryl methyl sites for hydroxylation is 2. The van der Waals surface area contributed by atoms with Gasteiger partial charge in [0, 0.05) is 18.4 Å². The third-order valence-corrected chi connectivity index (χ3v) is 3.27. The predicted octanol–water partition coefficient (Wildman–Crippen LogP) is 0.675. The molecule has 0 aliphatic carbocycles. The normalized spacial score (nSPS) is 10.8. The Kier molecular flexibility index (Phi) is 5.93. The number of nitrogens with zero attached hydrogens (tertiary/aromatic N) is 4. The molecule has 0 unspecified atom stereocenters. The van der Waals surface area contributed by atoms with Gasteiger partial charge in [-0.3, -0.25) is 4.79 Å². The van der Waals surface area contributed by atoms with Crippen LogP contribution in [0.1, 0.15) is 37.6 Å². The summed E-state index contributed by atoms with van der Waals surface area (Å²) in [7, 11) is 0. The van der Waals surface area contributed by atoms with E-state index in [4.69, 9.17) is 5.73 Å². The molecule has 0 bridgehead atoms. The number of anilines is 1. The van der Waals surface area contributed by atoms with Crippen molar-refractivity contribution in [2.45, 2.75) is 45.6 Å². The Hall–Kier alpha value is -2.38. The maximum absolute atomic E-state index is 11.7. The fourth-order valence-corrected chi connectivity index (χ4v) is 2.10. The number of hydrogen-bond acceptors (Lipinski definition) is 5. The number of imidazole rings is 1. The molecular formula is C14H23N7O. The van der Waals surface area contributed by atoms with Crippen molar-refractivity contribution in [3.63, 3.8) is 0 Å². The standard InChI is InChI=1S/C14H23N7O/c1-2-3-7-16-13(22)10-21-9-12(19-20-21)6-4-5-11-8-17-14(15)18-11/h8-9H,2-7,10H2,1H3,(H,16,22)(H3,15,17,18). The molecule has 120 valence electrons. The van der Waals surface area contributed by atoms with E-state index >= 15 is 0 Å². The highest BCUT2D eigenvalue weighted by Gasteiger charge is 2.06. The van der Waals surface area contributed by atoms with Crippen molar-refractivity contribution in [1.29, 1.82) is 0 Å². The molecule has 0 aliphatic rings. The summed E-state index contributed by atoms with van der Waals surface area (Å²) in [5.41, 5.74) is 7.42. The largest absolute Gasteiger partial charge is 0.369 e. The number of nitrogens with two attached hydrogens (primary N) is 1. The minimum atomic E-state index is -0.0298. The van der Waals surface area contributed by atoms with Crippen molar-refractivity contribution >= 4 is 11.9 Å². The van der Waals surface area contributed by atoms with Crippen LogP contribution >= 0.6 is 0 Å². The fraction of sp³-hybridized carbons (Fsp3) is 0.571. The zero-order chi connectivity index (χ0) is 15.8. The summed E-state index contributed by atoms with van der Waals surface area (Å²) >= 11 is 0. The lowest BCUT2D eigenvalue weighted by Crippen LogP contribution is -2.28. The SMILES string of the molecule is CCCCNC(=O)Cn1cc(CCCc2cnc(N)[nH]2)nn1. The number of rotatable bonds is 9. The van der Waals surface area contributed by atoms with E-state index in [9.17, 15) is 4.79 Å². The van der Waals surface area contributed by atoms with Gasteiger partial charge in [0.05, 0.1) is 11.9 Å². The molecule has 2 rings (SSSR count). The van der Waals surface area contributed by atoms with Crippen molar-refractivity contribution in [3.8, 4) is 0 Å². The molecule has 2 heterocycles. The van der Waals surface area contributed by atoms with Crippen LogP contribution in [0.2, 0.25) is 0 Å². The number of H-pyrrole nitrogens is 1. The van der Waals surface area contributed by atoms with Crippen molar-refractivity contribution < 1.29 is 4.79 Å². The highest BCUT2D eigenvalue weighted by molar-refractivity contribution is 5.75. The van der Waals surface area contributed by atoms with Gasteiger partial charge in [-0.25, -0.2) is 9.67 Å². The first-order valence-electron chi connectivity index (χ1n) is 7.62. The van der Waals surface area contributed by atoms with E-state index in [0.29, 0.717) is 12.5 Å². The summed E-state index contributed by atoms with van der Waals surface area (Å²) in [6.07, 6.45) is 8.20. The van der Waals surface area contributed by atoms with Crippen LogP contribution < -0.4 is 11.1 Å². The number of carbonyl (C=O) groups excluding carboxylic acids is 1. The number of hydrogen-bond donors (Lipinski definition) is 3. The third kappa shape index (κ3) is 5.19. The molecule has 2 aromatic heterocycles. The monoisotopic (exact) mass is 305 g/mol. The van der Waals surface area contributed by atoms with Gasteiger partial charge in [-0.1, -0.05) is 18.6 Å². The first-order valence-corrected chi connectivity index (χ1v) is 7.62. The van der Waals surface area contributed by atoms with Crippen LogP contribution in [-0.4, -0.2) is 37.4 Å². The van der Waals surface area contributed by atoms with Crippen LogP contribution in [0.4, 0.5) is 5.95 Å². The van der Waals surface area contributed by atoms with Gasteiger partial charge in [-0.2, -0.15) is 0 Å². The van der Waals surface area contributed by atoms with Crippen molar-refractivity contribution in [3.05, 3.63) is 23.8 Å². The second kappa shape index (κ2) is 8.16. The highest BCUT2D eigenvalue weighted by Crippen LogP contribution is 2.05. The van der Waals surface area contributed by atoms with Crippen LogP contribution in [-0.2, 0) is 24.2 Å². The van der Waals surface area contributed by atoms with Crippen molar-refractivity contribution in [2.75, 3.05) is 12.3 Å². The highest BCUT2D eigenvalue weighted by atomic mass is 16.2. The Morgan fingerprint density at radius 1 is 1.41 bits per heavy atom. The average Bonchev–Trinajstić information content (AvgIpc) is 3.09. The zero-order valence-corrected chi connectivity index (χ0v) is 12.9. The Morgan fingerprint density at radius 2 is 2.27 bits per heavy atom. The first kappa shape index (κ1) is 16.0. The second-order valence-corrected chi connectivity index (χ2v) is 5.26. The van der Waals surface area contributed by atoms with E-state index in [1.807, 2.05) is 6.20 Å². The van der Waals surface area contributed by atoms with Gasteiger partial charge < -0.3 is 16.0 Å². The van der Waals surface area contributed by atoms with Crippen LogP contribution in [0.3, 0.4) is 0 Å². The van der Waals surface area contributed by atoms with Gasteiger partial charge in [-0.15, -0.1) is 5.10 Å². The van der Waals surface area contributed by atoms with Gasteiger partial charge in [0.15, 0.2) is 5.95 Å². The van der Waals surface area contributed by atoms with E-state index in [2.05, 4.69) is 32.5 Å². The Morgan fingerprint density at radius 3 is 3.00 bits per heavy atom. The summed E-state index contributed by atoms with van der Waals surface area (Å²) < 4.78 is 1.57. The van der Waals surface area contributed by atoms with Crippen molar-refractivity contribution in [1.82, 2.24) is 30.3 Å². The van der Waals surface area contributed by atoms with Gasteiger partial charge in [-0.05, 0) is 25.7 Å². The minimum Gasteiger partial charge on any atom is -0.369 e. The Bertz CT molecular complexity index is 590. The lowest BCUT2D eigenvalue weighted by atomic mass is 10.2. The number of aromatic amines is 1. The van der Waals surface area contributed by atoms with E-state index in [1.54, 1.807) is 10.9 Å². The number of aromatic nitrogens is 5. The first-order chi connectivity index (χ1) is 10.7. The summed E-state index contributed by atoms with van der Waals surface area (Å²) in [6, 6.07) is 0. The van der Waals surface area contributed by atoms with Crippen LogP contribution in [0.15, 0.2) is 12.4 Å². The average molecular weight is 305 g/mol. The summed E-state index contributed by atoms with van der Waals surface area (Å²) in [6.45, 7) is 3.02. The zero-order valence-electron chi connectivity index (χ0n) is 12.9. The van der Waals surface area contributed by atoms with Gasteiger partial charge in [0.2, 0.25) is 5.91 Å². The molecule has 1 amide bonds. The predicted molar refractivity (Wildman–Crippen MR) is 83.0 cm³/mol. The lowest BCUT2D eigenvalue weighted by Gasteiger charge is -2.03. The molecule has 0 fully saturated rings. The molecule has 8 nitrogen and oxygen atoms in total. The summed E-state index contributed by atoms with van der Waals surface area (Å²) in [5, 5.41) is 10.9. The quantitative estimate of drug-likeness (QED) is 0.589. The van der Waals surface area contributed by atoms with E-state index in [0.717, 1.165) is 43.5 Å². The molecule has 0 saturated heterocycles. The Balaban J connectivity index is 1.70. The molecule has 22 heavy (non-hydrogen) atoms. The van der Waals surface area contributed by atoms with Gasteiger partial charge >= 0.3 is 0 Å². The number of unbranched alkanes of at least 4 members (excludes halogenated alkanes) is 1. The number of carbonyl (C=O) groups is 1. The molecular weight excluding hydrogens is 282 g/mol. The van der Waals surface area contributed by atoms with E-state index in [-0.39, 0.29) is 12.5 Å². The maximum Gasteiger partial charge on any atom is 0.241 e. The molecule has 8 heteroatoms. The molecule has 0 aliphatic heterocycles. The van der Waals surface area contributed by atoms with Gasteiger partial charge in [0.1, 0.15) is 6.54 Å². The maximum atomic E-state index is 11.7. The Labute approximate surface area is 129 Å². The number of amides is 1. The van der Waals surface area contributed by atoms with E-state index in [1.165, 1.54) is 0 Å². The third-order valence-electron chi connectivity index (χ3n) is 3.27. The van der Waals surface area contributed by atoms with E-state index < -0.39 is 0 Å². The fourth-order valence-electron chi connectivity index (χ4n) is 2.10. The van der Waals surface area contributed by atoms with Crippen molar-refractivity contribution in [2.24, 2.45) is 0 Å². The van der Waals surface area contributed by atoms with Crippen LogP contribution in [0.25, 0.3) is 0 Å². The lowest BCUT2D eigenvalue weighted by molar-refractivity contribution is -0.121. The minimum absolute atomic E-state index is 0.0298. The molecule has 0 saturated carbocycles. The molecule has 0 radical (unpaired) electrons. The molecule has 2 aromatic rings. The number of nitrogens with one attached hydrogen (secondary N) is 2. The smallest absolute Gasteiger partial charge is 0.241 e. The van der Waals surface area contributed by atoms with Crippen LogP contribution in [0.5, 0.6) is 0 Å².